The van der Waals surface area contributed by atoms with Crippen LogP contribution in [-0.2, 0) is 34.0 Å². The predicted octanol–water partition coefficient (Wildman–Crippen LogP) is 20.9. The van der Waals surface area contributed by atoms with Gasteiger partial charge < -0.3 is 9.64 Å². The van der Waals surface area contributed by atoms with E-state index in [0.717, 1.165) is 247 Å². The van der Waals surface area contributed by atoms with E-state index < -0.39 is 34.4 Å². The van der Waals surface area contributed by atoms with Crippen molar-refractivity contribution in [1.29, 1.82) is 0 Å². The molecule has 126 heavy (non-hydrogen) atoms. The third-order valence-electron chi connectivity index (χ3n) is 24.8. The van der Waals surface area contributed by atoms with Crippen LogP contribution < -0.4 is 4.74 Å². The van der Waals surface area contributed by atoms with Crippen molar-refractivity contribution in [2.45, 2.75) is 205 Å². The summed E-state index contributed by atoms with van der Waals surface area (Å²) < 4.78 is 59.9. The van der Waals surface area contributed by atoms with Crippen molar-refractivity contribution in [2.75, 3.05) is 14.1 Å². The molecular weight excluding hydrogens is 1600 g/mol. The van der Waals surface area contributed by atoms with Crippen LogP contribution in [0.2, 0.25) is 0 Å². The molecule has 0 bridgehead atoms. The number of hydrogen-bond donors (Lipinski definition) is 3. The van der Waals surface area contributed by atoms with Gasteiger partial charge in [0.15, 0.2) is 11.6 Å². The van der Waals surface area contributed by atoms with Gasteiger partial charge in [-0.05, 0) is 207 Å². The minimum absolute atomic E-state index is 0.0300. The topological polar surface area (TPSA) is 278 Å². The van der Waals surface area contributed by atoms with Crippen molar-refractivity contribution in [1.82, 2.24) is 76.3 Å². The maximum absolute atomic E-state index is 14.6. The fourth-order valence-electron chi connectivity index (χ4n) is 18.1. The van der Waals surface area contributed by atoms with Crippen molar-refractivity contribution in [3.63, 3.8) is 0 Å². The molecule has 6 heterocycles. The molecule has 0 radical (unpaired) electrons. The Balaban J connectivity index is 0.000000139. The highest BCUT2D eigenvalue weighted by Gasteiger charge is 2.52. The standard InChI is InChI=1S/C34H37N7O2.C33H34F2N6O2.C32H31F2N5O/c1-4-5-8-30-35-34(19-6-7-20-34)33(43)41(30)22-23-9-11-25(12-10-23)29-21-27(17-18-28(29)31-36-38-39-37-31)24-13-15-26(16-14-24)32(42)40(2)3;1-3-4-7-29-36-33(18-5-6-19-33)31(42)41(29)21-22-8-10-24(11-9-22)28-20-25(14-17-27(28)30-37-39-40-38-30)23-12-15-26(16-13-23)43-32(2,34)35;1-2-3-9-29-36-32(16-4-5-17-32)31(40)39(29)20-21-10-12-22(13-11-21)26-18-23(24-7-6-8-27(33)30(24)34)14-15-25(26)28-19-35-38-37-28/h9-18,21H,4-8,19-20,22H2,1-3H3,(H,36,37,38,39);8-17,20H,3-7,18-19,21H2,1-2H3,(H,37,38,39,40);6-8,10-15,18-19H,2-5,9,16-17,20H2,1H3,(H,35,37,38). The van der Waals surface area contributed by atoms with Crippen LogP contribution >= 0.6 is 0 Å². The zero-order chi connectivity index (χ0) is 87.7. The number of rotatable bonds is 27. The van der Waals surface area contributed by atoms with Crippen molar-refractivity contribution in [2.24, 2.45) is 15.0 Å². The van der Waals surface area contributed by atoms with E-state index >= 15 is 0 Å². The zero-order valence-electron chi connectivity index (χ0n) is 71.8. The van der Waals surface area contributed by atoms with Crippen molar-refractivity contribution in [3.8, 4) is 107 Å². The molecule has 3 saturated carbocycles. The maximum atomic E-state index is 14.6. The number of tetrazole rings is 2. The predicted molar refractivity (Wildman–Crippen MR) is 479 cm³/mol. The molecular formula is C99H102F4N18O5. The van der Waals surface area contributed by atoms with Gasteiger partial charge in [0.25, 0.3) is 23.6 Å². The third kappa shape index (κ3) is 18.6. The first-order valence-corrected chi connectivity index (χ1v) is 43.8. The number of alkyl halides is 2. The van der Waals surface area contributed by atoms with Gasteiger partial charge in [-0.25, -0.2) is 8.78 Å². The summed E-state index contributed by atoms with van der Waals surface area (Å²) in [4.78, 5) is 75.4. The number of carbonyl (C=O) groups excluding carboxylic acids is 4. The summed E-state index contributed by atoms with van der Waals surface area (Å²) in [5.41, 5.74) is 15.2. The molecule has 3 fully saturated rings. The Bertz CT molecular complexity index is 5960. The average Bonchev–Trinajstić information content (AvgIpc) is 1.62. The molecule has 3 aliphatic heterocycles. The van der Waals surface area contributed by atoms with Gasteiger partial charge >= 0.3 is 6.11 Å². The Hall–Kier alpha value is -13.3. The van der Waals surface area contributed by atoms with E-state index in [-0.39, 0.29) is 34.9 Å². The number of amides is 4. The van der Waals surface area contributed by atoms with Gasteiger partial charge in [-0.15, -0.1) is 20.4 Å². The number of aromatic nitrogens is 11. The van der Waals surface area contributed by atoms with Gasteiger partial charge in [0.05, 0.1) is 25.8 Å². The van der Waals surface area contributed by atoms with E-state index in [2.05, 4.69) is 112 Å². The van der Waals surface area contributed by atoms with Crippen molar-refractivity contribution < 1.29 is 41.5 Å². The van der Waals surface area contributed by atoms with Crippen LogP contribution in [0.5, 0.6) is 5.75 Å². The van der Waals surface area contributed by atoms with Gasteiger partial charge in [-0.1, -0.05) is 212 Å². The summed E-state index contributed by atoms with van der Waals surface area (Å²) in [6.07, 6.45) is 18.5. The van der Waals surface area contributed by atoms with E-state index in [1.54, 1.807) is 49.5 Å². The molecule has 18 rings (SSSR count). The minimum atomic E-state index is -3.25. The molecule has 27 heteroatoms. The lowest BCUT2D eigenvalue weighted by Crippen LogP contribution is -2.40. The first-order chi connectivity index (χ1) is 61.1. The molecule has 3 N–H and O–H groups in total. The number of unbranched alkanes of at least 4 members (excludes halogenated alkanes) is 3. The van der Waals surface area contributed by atoms with Crippen LogP contribution in [0.3, 0.4) is 0 Å². The second kappa shape index (κ2) is 37.6. The molecule has 646 valence electrons. The molecule has 3 aromatic heterocycles. The largest absolute Gasteiger partial charge is 0.433 e. The molecule has 4 amide bonds. The number of carbonyl (C=O) groups is 4. The Labute approximate surface area is 729 Å². The number of hydrogen-bond acceptors (Lipinski definition) is 16. The van der Waals surface area contributed by atoms with Crippen LogP contribution in [0, 0.1) is 11.6 Å². The van der Waals surface area contributed by atoms with E-state index in [1.807, 2.05) is 130 Å². The number of halogens is 4. The first kappa shape index (κ1) is 86.2. The van der Waals surface area contributed by atoms with Crippen LogP contribution in [0.15, 0.2) is 215 Å². The van der Waals surface area contributed by atoms with E-state index in [9.17, 15) is 36.7 Å². The molecule has 3 aliphatic carbocycles. The summed E-state index contributed by atoms with van der Waals surface area (Å²) in [7, 11) is 3.50. The highest BCUT2D eigenvalue weighted by Crippen LogP contribution is 2.46. The van der Waals surface area contributed by atoms with Gasteiger partial charge in [0.2, 0.25) is 11.6 Å². The number of aliphatic imine (C=N–C) groups is 3. The molecule has 0 unspecified atom stereocenters. The van der Waals surface area contributed by atoms with Gasteiger partial charge in [-0.2, -0.15) is 34.6 Å². The number of nitrogens with zero attached hydrogens (tertiary/aromatic N) is 15. The number of aromatic amines is 3. The molecule has 3 spiro atoms. The van der Waals surface area contributed by atoms with E-state index in [1.165, 1.54) is 18.2 Å². The minimum Gasteiger partial charge on any atom is -0.433 e. The molecule has 23 nitrogen and oxygen atoms in total. The van der Waals surface area contributed by atoms with Gasteiger partial charge in [-0.3, -0.25) is 48.9 Å². The van der Waals surface area contributed by atoms with Crippen molar-refractivity contribution >= 4 is 41.1 Å². The lowest BCUT2D eigenvalue weighted by molar-refractivity contribution is -0.159. The molecule has 9 aromatic carbocycles. The lowest BCUT2D eigenvalue weighted by atomic mass is 9.92. The molecule has 0 atom stereocenters. The van der Waals surface area contributed by atoms with Crippen LogP contribution in [0.4, 0.5) is 17.6 Å². The third-order valence-corrected chi connectivity index (χ3v) is 24.8. The Morgan fingerprint density at radius 2 is 0.810 bits per heavy atom. The highest BCUT2D eigenvalue weighted by molar-refractivity contribution is 6.10. The second-order valence-corrected chi connectivity index (χ2v) is 33.8. The van der Waals surface area contributed by atoms with Crippen LogP contribution in [0.1, 0.15) is 190 Å². The summed E-state index contributed by atoms with van der Waals surface area (Å²) >= 11 is 0. The van der Waals surface area contributed by atoms with Crippen LogP contribution in [-0.4, -0.2) is 154 Å². The lowest BCUT2D eigenvalue weighted by Gasteiger charge is -2.23. The van der Waals surface area contributed by atoms with E-state index in [0.29, 0.717) is 55.0 Å². The number of nitrogens with one attached hydrogen (secondary N) is 3. The number of benzene rings is 9. The molecule has 12 aromatic rings. The quantitative estimate of drug-likeness (QED) is 0.0404. The normalized spacial score (nSPS) is 16.1. The SMILES string of the molecule is CCCCC1=NC2(CCCC2)C(=O)N1Cc1ccc(-c2cc(-c3ccc(C(=O)N(C)C)cc3)ccc2-c2nn[nH]n2)cc1.CCCCC1=NC2(CCCC2)C(=O)N1Cc1ccc(-c2cc(-c3ccc(OC(C)(F)F)cc3)ccc2-c2nn[nH]n2)cc1.CCCCC1=NC2(CCCC2)C(=O)N1Cc1ccc(-c2cc(-c3cccc(F)c3F)ccc2-c2cn[nH]n2)cc1. The van der Waals surface area contributed by atoms with Gasteiger partial charge in [0.1, 0.15) is 45.6 Å². The Kier molecular flexibility index (Phi) is 25.7. The van der Waals surface area contributed by atoms with Crippen LogP contribution in [0.25, 0.3) is 101 Å². The second-order valence-electron chi connectivity index (χ2n) is 33.8. The summed E-state index contributed by atoms with van der Waals surface area (Å²) in [6, 6.07) is 60.4. The smallest absolute Gasteiger partial charge is 0.394 e. The molecule has 0 saturated heterocycles. The molecule has 6 aliphatic rings. The average molecular weight is 1700 g/mol. The Morgan fingerprint density at radius 1 is 0.437 bits per heavy atom. The highest BCUT2D eigenvalue weighted by atomic mass is 19.3. The maximum Gasteiger partial charge on any atom is 0.394 e. The summed E-state index contributed by atoms with van der Waals surface area (Å²) in [5.74, 6) is 2.50. The van der Waals surface area contributed by atoms with Crippen molar-refractivity contribution in [3.05, 3.63) is 234 Å². The fraction of sp³-hybridized carbons (Fsp3) is 0.343. The number of ether oxygens (including phenoxy) is 1. The Morgan fingerprint density at radius 3 is 1.18 bits per heavy atom. The summed E-state index contributed by atoms with van der Waals surface area (Å²) in [6.45, 7) is 8.69. The fourth-order valence-corrected chi connectivity index (χ4v) is 18.1. The first-order valence-electron chi connectivity index (χ1n) is 43.8. The number of H-pyrrole nitrogens is 3. The zero-order valence-corrected chi connectivity index (χ0v) is 71.8. The monoisotopic (exact) mass is 1700 g/mol. The van der Waals surface area contributed by atoms with Gasteiger partial charge in [0, 0.05) is 68.1 Å². The summed E-state index contributed by atoms with van der Waals surface area (Å²) in [5, 5.41) is 40.3. The number of amidine groups is 3. The van der Waals surface area contributed by atoms with E-state index in [4.69, 9.17) is 15.0 Å².